The van der Waals surface area contributed by atoms with Gasteiger partial charge in [0.05, 0.1) is 12.6 Å². The molecule has 1 amide bonds. The summed E-state index contributed by atoms with van der Waals surface area (Å²) >= 11 is 0. The van der Waals surface area contributed by atoms with Crippen molar-refractivity contribution >= 4 is 11.9 Å². The van der Waals surface area contributed by atoms with E-state index in [0.29, 0.717) is 25.1 Å². The van der Waals surface area contributed by atoms with Crippen LogP contribution in [0.15, 0.2) is 11.6 Å². The number of nitrogens with one attached hydrogen (secondary N) is 1. The number of carboxylic acid groups (broad SMARTS) is 1. The third kappa shape index (κ3) is 4.33. The van der Waals surface area contributed by atoms with Gasteiger partial charge in [0.2, 0.25) is 5.91 Å². The van der Waals surface area contributed by atoms with Gasteiger partial charge in [-0.1, -0.05) is 6.08 Å². The molecule has 1 unspecified atom stereocenters. The molecule has 0 aromatic heterocycles. The lowest BCUT2D eigenvalue weighted by molar-refractivity contribution is -0.133. The molecule has 1 fully saturated rings. The van der Waals surface area contributed by atoms with E-state index in [9.17, 15) is 9.59 Å². The maximum Gasteiger partial charge on any atom is 0.332 e. The molecule has 1 saturated heterocycles. The third-order valence-corrected chi connectivity index (χ3v) is 3.42. The second-order valence-corrected chi connectivity index (χ2v) is 4.97. The van der Waals surface area contributed by atoms with Crippen molar-refractivity contribution in [3.8, 4) is 0 Å². The molecule has 6 nitrogen and oxygen atoms in total. The Morgan fingerprint density at radius 1 is 1.53 bits per heavy atom. The Morgan fingerprint density at radius 3 is 3.05 bits per heavy atom. The highest BCUT2D eigenvalue weighted by molar-refractivity contribution is 5.87. The number of hydrogen-bond acceptors (Lipinski definition) is 4. The number of carbonyl (C=O) groups is 2. The molecule has 0 radical (unpaired) electrons. The molecular weight excluding hydrogens is 248 g/mol. The number of carbonyl (C=O) groups excluding carboxylic acids is 1. The number of ether oxygens (including phenoxy) is 1. The monoisotopic (exact) mass is 268 g/mol. The highest BCUT2D eigenvalue weighted by Gasteiger charge is 2.20. The van der Waals surface area contributed by atoms with Gasteiger partial charge in [-0.15, -0.1) is 0 Å². The van der Waals surface area contributed by atoms with Gasteiger partial charge in [-0.05, 0) is 19.3 Å². The minimum absolute atomic E-state index is 0.0675. The van der Waals surface area contributed by atoms with Crippen molar-refractivity contribution in [3.05, 3.63) is 11.6 Å². The number of aliphatic carboxylic acids is 1. The van der Waals surface area contributed by atoms with Crippen LogP contribution in [0.4, 0.5) is 0 Å². The van der Waals surface area contributed by atoms with Gasteiger partial charge in [-0.3, -0.25) is 9.69 Å². The Kier molecular flexibility index (Phi) is 4.93. The molecule has 106 valence electrons. The Labute approximate surface area is 112 Å². The topological polar surface area (TPSA) is 78.9 Å². The van der Waals surface area contributed by atoms with Crippen molar-refractivity contribution in [1.29, 1.82) is 0 Å². The molecular formula is C13H20N2O4. The summed E-state index contributed by atoms with van der Waals surface area (Å²) in [5.41, 5.74) is 0.373. The van der Waals surface area contributed by atoms with Crippen LogP contribution in [0.5, 0.6) is 0 Å². The van der Waals surface area contributed by atoms with Crippen LogP contribution in [0.3, 0.4) is 0 Å². The van der Waals surface area contributed by atoms with E-state index >= 15 is 0 Å². The van der Waals surface area contributed by atoms with Crippen LogP contribution in [-0.4, -0.2) is 60.8 Å². The summed E-state index contributed by atoms with van der Waals surface area (Å²) in [5.74, 6) is -0.966. The van der Waals surface area contributed by atoms with E-state index in [0.717, 1.165) is 26.0 Å². The summed E-state index contributed by atoms with van der Waals surface area (Å²) in [5, 5.41) is 11.8. The largest absolute Gasteiger partial charge is 0.478 e. The molecule has 2 aliphatic rings. The van der Waals surface area contributed by atoms with Gasteiger partial charge in [0.15, 0.2) is 0 Å². The Balaban J connectivity index is 1.70. The van der Waals surface area contributed by atoms with E-state index in [1.807, 2.05) is 4.90 Å². The highest BCUT2D eigenvalue weighted by atomic mass is 16.5. The van der Waals surface area contributed by atoms with Crippen molar-refractivity contribution in [3.63, 3.8) is 0 Å². The first-order chi connectivity index (χ1) is 9.15. The summed E-state index contributed by atoms with van der Waals surface area (Å²) < 4.78 is 5.43. The van der Waals surface area contributed by atoms with Crippen molar-refractivity contribution < 1.29 is 19.4 Å². The Bertz CT molecular complexity index is 375. The average molecular weight is 268 g/mol. The van der Waals surface area contributed by atoms with E-state index in [1.165, 1.54) is 0 Å². The van der Waals surface area contributed by atoms with Gasteiger partial charge in [0.1, 0.15) is 0 Å². The van der Waals surface area contributed by atoms with Crippen molar-refractivity contribution in [2.24, 2.45) is 0 Å². The Hall–Kier alpha value is -1.40. The molecule has 2 N–H and O–H groups in total. The average Bonchev–Trinajstić information content (AvgIpc) is 2.90. The van der Waals surface area contributed by atoms with Crippen LogP contribution in [-0.2, 0) is 14.3 Å². The zero-order valence-corrected chi connectivity index (χ0v) is 10.9. The summed E-state index contributed by atoms with van der Waals surface area (Å²) in [7, 11) is 0. The predicted molar refractivity (Wildman–Crippen MR) is 68.8 cm³/mol. The number of rotatable bonds is 5. The predicted octanol–water partition coefficient (Wildman–Crippen LogP) is -0.00170. The van der Waals surface area contributed by atoms with Crippen molar-refractivity contribution in [1.82, 2.24) is 10.2 Å². The van der Waals surface area contributed by atoms with Gasteiger partial charge in [-0.25, -0.2) is 4.79 Å². The Morgan fingerprint density at radius 2 is 2.37 bits per heavy atom. The molecule has 0 bridgehead atoms. The standard InChI is InChI=1S/C13H20N2O4/c16-12(14-7-11-4-2-6-19-11)9-15-5-1-3-10(8-15)13(17)18/h3,11H,1-2,4-9H2,(H,14,16)(H,17,18). The lowest BCUT2D eigenvalue weighted by Gasteiger charge is -2.25. The van der Waals surface area contributed by atoms with E-state index in [2.05, 4.69) is 5.32 Å². The fourth-order valence-electron chi connectivity index (χ4n) is 2.39. The van der Waals surface area contributed by atoms with Crippen molar-refractivity contribution in [2.45, 2.75) is 25.4 Å². The van der Waals surface area contributed by atoms with E-state index in [-0.39, 0.29) is 18.6 Å². The molecule has 0 aromatic rings. The zero-order chi connectivity index (χ0) is 13.7. The highest BCUT2D eigenvalue weighted by Crippen LogP contribution is 2.11. The normalized spacial score (nSPS) is 24.0. The summed E-state index contributed by atoms with van der Waals surface area (Å²) in [4.78, 5) is 24.5. The smallest absolute Gasteiger partial charge is 0.332 e. The fourth-order valence-corrected chi connectivity index (χ4v) is 2.39. The molecule has 6 heteroatoms. The molecule has 19 heavy (non-hydrogen) atoms. The first kappa shape index (κ1) is 14.0. The number of amides is 1. The molecule has 1 atom stereocenters. The first-order valence-electron chi connectivity index (χ1n) is 6.68. The molecule has 0 aromatic carbocycles. The summed E-state index contributed by atoms with van der Waals surface area (Å²) in [6, 6.07) is 0. The van der Waals surface area contributed by atoms with E-state index in [1.54, 1.807) is 6.08 Å². The van der Waals surface area contributed by atoms with Gasteiger partial charge in [0.25, 0.3) is 0 Å². The maximum atomic E-state index is 11.8. The number of hydrogen-bond donors (Lipinski definition) is 2. The van der Waals surface area contributed by atoms with Gasteiger partial charge >= 0.3 is 5.97 Å². The minimum atomic E-state index is -0.899. The summed E-state index contributed by atoms with van der Waals surface area (Å²) in [6.07, 6.45) is 4.60. The molecule has 2 aliphatic heterocycles. The minimum Gasteiger partial charge on any atom is -0.478 e. The molecule has 2 heterocycles. The van der Waals surface area contributed by atoms with Crippen LogP contribution in [0.25, 0.3) is 0 Å². The van der Waals surface area contributed by atoms with Crippen LogP contribution >= 0.6 is 0 Å². The SMILES string of the molecule is O=C(CN1CCC=C(C(=O)O)C1)NCC1CCCO1. The number of nitrogens with zero attached hydrogens (tertiary/aromatic N) is 1. The quantitative estimate of drug-likeness (QED) is 0.733. The lowest BCUT2D eigenvalue weighted by Crippen LogP contribution is -2.42. The maximum absolute atomic E-state index is 11.8. The van der Waals surface area contributed by atoms with Crippen LogP contribution in [0.1, 0.15) is 19.3 Å². The van der Waals surface area contributed by atoms with E-state index in [4.69, 9.17) is 9.84 Å². The van der Waals surface area contributed by atoms with Gasteiger partial charge in [-0.2, -0.15) is 0 Å². The molecule has 2 rings (SSSR count). The number of carboxylic acids is 1. The van der Waals surface area contributed by atoms with Crippen LogP contribution < -0.4 is 5.32 Å². The van der Waals surface area contributed by atoms with Gasteiger partial charge < -0.3 is 15.2 Å². The summed E-state index contributed by atoms with van der Waals surface area (Å²) in [6.45, 7) is 2.64. The molecule has 0 saturated carbocycles. The second kappa shape index (κ2) is 6.68. The second-order valence-electron chi connectivity index (χ2n) is 4.97. The zero-order valence-electron chi connectivity index (χ0n) is 10.9. The van der Waals surface area contributed by atoms with E-state index < -0.39 is 5.97 Å². The fraction of sp³-hybridized carbons (Fsp3) is 0.692. The van der Waals surface area contributed by atoms with Crippen LogP contribution in [0.2, 0.25) is 0 Å². The molecule has 0 spiro atoms. The van der Waals surface area contributed by atoms with Gasteiger partial charge in [0, 0.05) is 31.8 Å². The first-order valence-corrected chi connectivity index (χ1v) is 6.68. The third-order valence-electron chi connectivity index (χ3n) is 3.42. The molecule has 0 aliphatic carbocycles. The van der Waals surface area contributed by atoms with Crippen LogP contribution in [0, 0.1) is 0 Å². The lowest BCUT2D eigenvalue weighted by atomic mass is 10.1. The van der Waals surface area contributed by atoms with Crippen molar-refractivity contribution in [2.75, 3.05) is 32.8 Å².